The highest BCUT2D eigenvalue weighted by Crippen LogP contribution is 2.43. The number of halogens is 3. The van der Waals surface area contributed by atoms with E-state index >= 15 is 0 Å². The van der Waals surface area contributed by atoms with E-state index in [1.807, 2.05) is 4.90 Å². The van der Waals surface area contributed by atoms with Crippen molar-refractivity contribution in [3.8, 4) is 5.75 Å². The van der Waals surface area contributed by atoms with Crippen LogP contribution in [0.15, 0.2) is 36.7 Å². The molecule has 5 rings (SSSR count). The first-order valence-corrected chi connectivity index (χ1v) is 13.1. The molecule has 1 aromatic heterocycles. The van der Waals surface area contributed by atoms with Crippen LogP contribution in [0.25, 0.3) is 0 Å². The molecule has 0 bridgehead atoms. The molecule has 1 amide bonds. The number of nitrogen functional groups attached to an aromatic ring is 1. The predicted molar refractivity (Wildman–Crippen MR) is 139 cm³/mol. The lowest BCUT2D eigenvalue weighted by Gasteiger charge is -2.47. The van der Waals surface area contributed by atoms with Gasteiger partial charge in [-0.05, 0) is 69.7 Å². The number of benzene rings is 1. The zero-order chi connectivity index (χ0) is 28.4. The number of nitrogens with two attached hydrogens (primary N) is 1. The fourth-order valence-corrected chi connectivity index (χ4v) is 5.67. The summed E-state index contributed by atoms with van der Waals surface area (Å²) < 4.78 is 38.0. The average Bonchev–Trinajstić information content (AvgIpc) is 3.21. The number of rotatable bonds is 3. The van der Waals surface area contributed by atoms with Gasteiger partial charge in [0.25, 0.3) is 5.91 Å². The van der Waals surface area contributed by atoms with E-state index in [2.05, 4.69) is 41.9 Å². The molecule has 39 heavy (non-hydrogen) atoms. The van der Waals surface area contributed by atoms with Gasteiger partial charge in [-0.15, -0.1) is 0 Å². The Morgan fingerprint density at radius 1 is 1.08 bits per heavy atom. The number of carboxylic acid groups (broad SMARTS) is 1. The summed E-state index contributed by atoms with van der Waals surface area (Å²) in [4.78, 5) is 30.4. The number of nitrogens with zero attached hydrogens (tertiary/aromatic N) is 3. The van der Waals surface area contributed by atoms with Crippen molar-refractivity contribution in [2.75, 3.05) is 31.9 Å². The molecule has 0 saturated carbocycles. The molecule has 1 aromatic carbocycles. The topological polar surface area (TPSA) is 109 Å². The largest absolute Gasteiger partial charge is 0.490 e. The Hall–Kier alpha value is -3.34. The van der Waals surface area contributed by atoms with E-state index in [-0.39, 0.29) is 11.5 Å². The number of ether oxygens (including phenoxy) is 1. The van der Waals surface area contributed by atoms with Crippen LogP contribution >= 0.6 is 0 Å². The van der Waals surface area contributed by atoms with Crippen molar-refractivity contribution in [3.63, 3.8) is 0 Å². The van der Waals surface area contributed by atoms with Gasteiger partial charge in [0.15, 0.2) is 0 Å². The second-order valence-corrected chi connectivity index (χ2v) is 11.3. The molecule has 3 aliphatic rings. The molecule has 1 spiro atoms. The monoisotopic (exact) mass is 548 g/mol. The minimum atomic E-state index is -5.08. The Kier molecular flexibility index (Phi) is 8.11. The third-order valence-electron chi connectivity index (χ3n) is 7.92. The van der Waals surface area contributed by atoms with Crippen LogP contribution in [0.4, 0.5) is 18.9 Å². The summed E-state index contributed by atoms with van der Waals surface area (Å²) in [5.74, 6) is -1.63. The maximum absolute atomic E-state index is 12.9. The first kappa shape index (κ1) is 28.7. The van der Waals surface area contributed by atoms with Crippen molar-refractivity contribution >= 4 is 17.6 Å². The van der Waals surface area contributed by atoms with Gasteiger partial charge >= 0.3 is 12.1 Å². The summed E-state index contributed by atoms with van der Waals surface area (Å²) in [7, 11) is 0. The van der Waals surface area contributed by atoms with Gasteiger partial charge in [-0.2, -0.15) is 13.2 Å². The van der Waals surface area contributed by atoms with Crippen LogP contribution in [0.5, 0.6) is 5.75 Å². The van der Waals surface area contributed by atoms with Crippen molar-refractivity contribution in [1.82, 2.24) is 14.8 Å². The molecular weight excluding hydrogens is 513 g/mol. The third kappa shape index (κ3) is 6.81. The predicted octanol–water partition coefficient (Wildman–Crippen LogP) is 4.53. The summed E-state index contributed by atoms with van der Waals surface area (Å²) in [5.41, 5.74) is 9.95. The maximum atomic E-state index is 12.9. The molecule has 4 heterocycles. The van der Waals surface area contributed by atoms with Crippen molar-refractivity contribution in [1.29, 1.82) is 0 Å². The molecular formula is C28H35F3N4O4. The first-order chi connectivity index (χ1) is 18.3. The molecule has 3 N–H and O–H groups in total. The molecule has 11 heteroatoms. The van der Waals surface area contributed by atoms with Gasteiger partial charge in [-0.3, -0.25) is 14.7 Å². The Labute approximate surface area is 225 Å². The maximum Gasteiger partial charge on any atom is 0.490 e. The lowest BCUT2D eigenvalue weighted by atomic mass is 9.71. The van der Waals surface area contributed by atoms with E-state index in [4.69, 9.17) is 20.4 Å². The van der Waals surface area contributed by atoms with Gasteiger partial charge in [-0.25, -0.2) is 4.79 Å². The molecule has 0 atom stereocenters. The minimum Gasteiger partial charge on any atom is -0.487 e. The number of pyridine rings is 1. The van der Waals surface area contributed by atoms with Gasteiger partial charge in [0.05, 0.1) is 5.56 Å². The number of fused-ring (bicyclic) bond motifs is 1. The Bertz CT molecular complexity index is 1200. The number of carboxylic acids is 1. The van der Waals surface area contributed by atoms with E-state index in [1.165, 1.54) is 24.0 Å². The molecule has 212 valence electrons. The second kappa shape index (κ2) is 11.0. The number of amides is 1. The SMILES string of the molecule is CC1(C)Cc2cccc(CN3CCC4(CC3)CCN(C(=O)c3cnccc3N)CC4)c2O1.O=C(O)C(F)(F)F. The number of likely N-dealkylation sites (tertiary alicyclic amines) is 2. The van der Waals surface area contributed by atoms with Crippen molar-refractivity contribution < 1.29 is 32.6 Å². The summed E-state index contributed by atoms with van der Waals surface area (Å²) in [6.45, 7) is 9.13. The first-order valence-electron chi connectivity index (χ1n) is 13.1. The number of para-hydroxylation sites is 1. The molecule has 0 radical (unpaired) electrons. The quantitative estimate of drug-likeness (QED) is 0.580. The van der Waals surface area contributed by atoms with Crippen LogP contribution in [-0.4, -0.2) is 69.7 Å². The molecule has 2 aromatic rings. The van der Waals surface area contributed by atoms with Crippen LogP contribution in [0.2, 0.25) is 0 Å². The highest BCUT2D eigenvalue weighted by atomic mass is 19.4. The van der Waals surface area contributed by atoms with Crippen LogP contribution in [0.1, 0.15) is 61.0 Å². The average molecular weight is 549 g/mol. The summed E-state index contributed by atoms with van der Waals surface area (Å²) >= 11 is 0. The number of carbonyl (C=O) groups is 2. The molecule has 2 fully saturated rings. The number of aromatic nitrogens is 1. The van der Waals surface area contributed by atoms with E-state index in [9.17, 15) is 18.0 Å². The number of hydrogen-bond acceptors (Lipinski definition) is 6. The zero-order valence-electron chi connectivity index (χ0n) is 22.3. The Morgan fingerprint density at radius 2 is 1.69 bits per heavy atom. The lowest BCUT2D eigenvalue weighted by molar-refractivity contribution is -0.192. The molecule has 0 unspecified atom stereocenters. The fraction of sp³-hybridized carbons (Fsp3) is 0.536. The standard InChI is InChI=1S/C26H34N4O2.C2HF3O2/c1-25(2)16-19-4-3-5-20(23(19)32-25)18-29-12-7-26(8-13-29)9-14-30(15-10-26)24(31)21-17-28-11-6-22(21)27;3-2(4,5)1(6)7/h3-6,11,17H,7-10,12-16,18H2,1-2H3,(H2,27,28);(H,6,7). The highest BCUT2D eigenvalue weighted by molar-refractivity contribution is 5.98. The summed E-state index contributed by atoms with van der Waals surface area (Å²) in [6, 6.07) is 8.29. The minimum absolute atomic E-state index is 0.0174. The van der Waals surface area contributed by atoms with Gasteiger partial charge in [0.1, 0.15) is 11.4 Å². The summed E-state index contributed by atoms with van der Waals surface area (Å²) in [6.07, 6.45) is 3.67. The normalized spacial score (nSPS) is 20.0. The highest BCUT2D eigenvalue weighted by Gasteiger charge is 2.40. The fourth-order valence-electron chi connectivity index (χ4n) is 5.67. The number of piperidine rings is 2. The van der Waals surface area contributed by atoms with Crippen LogP contribution in [0.3, 0.4) is 0 Å². The van der Waals surface area contributed by atoms with Gasteiger partial charge in [0.2, 0.25) is 0 Å². The van der Waals surface area contributed by atoms with Gasteiger partial charge in [0, 0.05) is 49.7 Å². The summed E-state index contributed by atoms with van der Waals surface area (Å²) in [5, 5.41) is 7.12. The number of anilines is 1. The van der Waals surface area contributed by atoms with Gasteiger partial charge < -0.3 is 20.5 Å². The van der Waals surface area contributed by atoms with Crippen molar-refractivity contribution in [2.24, 2.45) is 5.41 Å². The Balaban J connectivity index is 0.000000448. The van der Waals surface area contributed by atoms with E-state index < -0.39 is 12.1 Å². The van der Waals surface area contributed by atoms with Crippen molar-refractivity contribution in [2.45, 2.75) is 64.3 Å². The van der Waals surface area contributed by atoms with E-state index in [0.717, 1.165) is 57.7 Å². The zero-order valence-corrected chi connectivity index (χ0v) is 22.3. The molecule has 0 aliphatic carbocycles. The third-order valence-corrected chi connectivity index (χ3v) is 7.92. The molecule has 3 aliphatic heterocycles. The van der Waals surface area contributed by atoms with Crippen LogP contribution in [0, 0.1) is 5.41 Å². The Morgan fingerprint density at radius 3 is 2.28 bits per heavy atom. The number of hydrogen-bond donors (Lipinski definition) is 2. The van der Waals surface area contributed by atoms with Crippen LogP contribution < -0.4 is 10.5 Å². The number of alkyl halides is 3. The molecule has 2 saturated heterocycles. The smallest absolute Gasteiger partial charge is 0.487 e. The number of aliphatic carboxylic acids is 1. The number of carbonyl (C=O) groups excluding carboxylic acids is 1. The van der Waals surface area contributed by atoms with E-state index in [0.29, 0.717) is 16.7 Å². The molecule has 8 nitrogen and oxygen atoms in total. The van der Waals surface area contributed by atoms with Crippen molar-refractivity contribution in [3.05, 3.63) is 53.3 Å². The van der Waals surface area contributed by atoms with Gasteiger partial charge in [-0.1, -0.05) is 18.2 Å². The lowest BCUT2D eigenvalue weighted by Crippen LogP contribution is -2.48. The van der Waals surface area contributed by atoms with Crippen LogP contribution in [-0.2, 0) is 17.8 Å². The second-order valence-electron chi connectivity index (χ2n) is 11.3. The van der Waals surface area contributed by atoms with E-state index in [1.54, 1.807) is 18.5 Å².